The molecule has 0 saturated carbocycles. The SMILES string of the molecule is Cc1ccc(O[C@H](C)C(=O)NCCSCc2ccc(Cl)c(Cl)c2)cc1. The fourth-order valence-electron chi connectivity index (χ4n) is 2.08. The number of carbonyl (C=O) groups is 1. The molecular formula is C19H21Cl2NO2S. The normalized spacial score (nSPS) is 11.8. The lowest BCUT2D eigenvalue weighted by atomic mass is 10.2. The van der Waals surface area contributed by atoms with E-state index in [0.29, 0.717) is 22.3 Å². The number of rotatable bonds is 8. The van der Waals surface area contributed by atoms with E-state index in [-0.39, 0.29) is 5.91 Å². The summed E-state index contributed by atoms with van der Waals surface area (Å²) in [6, 6.07) is 13.3. The second kappa shape index (κ2) is 9.95. The van der Waals surface area contributed by atoms with Crippen LogP contribution in [-0.2, 0) is 10.5 Å². The van der Waals surface area contributed by atoms with Crippen molar-refractivity contribution in [2.75, 3.05) is 12.3 Å². The molecule has 0 aromatic heterocycles. The quantitative estimate of drug-likeness (QED) is 0.628. The van der Waals surface area contributed by atoms with Crippen LogP contribution in [0.25, 0.3) is 0 Å². The van der Waals surface area contributed by atoms with Crippen LogP contribution in [0.3, 0.4) is 0 Å². The number of nitrogens with one attached hydrogen (secondary N) is 1. The van der Waals surface area contributed by atoms with E-state index in [2.05, 4.69) is 5.32 Å². The molecule has 1 amide bonds. The third kappa shape index (κ3) is 6.81. The zero-order valence-corrected chi connectivity index (χ0v) is 16.5. The Bertz CT molecular complexity index is 707. The zero-order chi connectivity index (χ0) is 18.2. The molecule has 25 heavy (non-hydrogen) atoms. The summed E-state index contributed by atoms with van der Waals surface area (Å²) < 4.78 is 5.64. The fourth-order valence-corrected chi connectivity index (χ4v) is 3.21. The van der Waals surface area contributed by atoms with Gasteiger partial charge in [-0.15, -0.1) is 0 Å². The first-order valence-electron chi connectivity index (χ1n) is 7.98. The molecule has 0 aliphatic carbocycles. The molecule has 2 rings (SSSR count). The Morgan fingerprint density at radius 2 is 1.88 bits per heavy atom. The van der Waals surface area contributed by atoms with E-state index in [4.69, 9.17) is 27.9 Å². The van der Waals surface area contributed by atoms with Gasteiger partial charge in [0.1, 0.15) is 5.75 Å². The Balaban J connectivity index is 1.65. The van der Waals surface area contributed by atoms with E-state index < -0.39 is 6.10 Å². The van der Waals surface area contributed by atoms with Gasteiger partial charge in [0.15, 0.2) is 6.10 Å². The van der Waals surface area contributed by atoms with Gasteiger partial charge in [-0.1, -0.05) is 47.0 Å². The van der Waals surface area contributed by atoms with Crippen LogP contribution in [-0.4, -0.2) is 24.3 Å². The van der Waals surface area contributed by atoms with Crippen molar-refractivity contribution >= 4 is 40.9 Å². The first-order chi connectivity index (χ1) is 12.0. The number of hydrogen-bond donors (Lipinski definition) is 1. The maximum atomic E-state index is 12.1. The highest BCUT2D eigenvalue weighted by molar-refractivity contribution is 7.98. The minimum Gasteiger partial charge on any atom is -0.481 e. The summed E-state index contributed by atoms with van der Waals surface area (Å²) in [4.78, 5) is 12.1. The molecule has 0 aliphatic heterocycles. The molecule has 3 nitrogen and oxygen atoms in total. The minimum absolute atomic E-state index is 0.115. The number of ether oxygens (including phenoxy) is 1. The van der Waals surface area contributed by atoms with E-state index in [0.717, 1.165) is 22.6 Å². The Hall–Kier alpha value is -1.36. The fraction of sp³-hybridized carbons (Fsp3) is 0.316. The standard InChI is InChI=1S/C19H21Cl2NO2S/c1-13-3-6-16(7-4-13)24-14(2)19(23)22-9-10-25-12-15-5-8-17(20)18(21)11-15/h3-8,11,14H,9-10,12H2,1-2H3,(H,22,23)/t14-/m1/s1. The van der Waals surface area contributed by atoms with Gasteiger partial charge >= 0.3 is 0 Å². The van der Waals surface area contributed by atoms with Gasteiger partial charge in [0, 0.05) is 18.1 Å². The molecule has 0 heterocycles. The molecule has 1 N–H and O–H groups in total. The van der Waals surface area contributed by atoms with E-state index >= 15 is 0 Å². The van der Waals surface area contributed by atoms with Crippen molar-refractivity contribution in [1.82, 2.24) is 5.32 Å². The minimum atomic E-state index is -0.525. The average Bonchev–Trinajstić information content (AvgIpc) is 2.59. The number of amides is 1. The summed E-state index contributed by atoms with van der Waals surface area (Å²) in [5, 5.41) is 4.01. The van der Waals surface area contributed by atoms with Gasteiger partial charge in [-0.2, -0.15) is 11.8 Å². The lowest BCUT2D eigenvalue weighted by Gasteiger charge is -2.14. The molecular weight excluding hydrogens is 377 g/mol. The van der Waals surface area contributed by atoms with E-state index in [9.17, 15) is 4.79 Å². The molecule has 0 spiro atoms. The molecule has 2 aromatic carbocycles. The predicted molar refractivity (Wildman–Crippen MR) is 107 cm³/mol. The van der Waals surface area contributed by atoms with Crippen molar-refractivity contribution < 1.29 is 9.53 Å². The van der Waals surface area contributed by atoms with Gasteiger partial charge in [0.25, 0.3) is 5.91 Å². The van der Waals surface area contributed by atoms with Crippen molar-refractivity contribution in [2.24, 2.45) is 0 Å². The Morgan fingerprint density at radius 3 is 2.56 bits per heavy atom. The van der Waals surface area contributed by atoms with Crippen molar-refractivity contribution in [3.63, 3.8) is 0 Å². The van der Waals surface area contributed by atoms with Crippen LogP contribution >= 0.6 is 35.0 Å². The summed E-state index contributed by atoms with van der Waals surface area (Å²) in [5.74, 6) is 2.21. The topological polar surface area (TPSA) is 38.3 Å². The number of thioether (sulfide) groups is 1. The maximum absolute atomic E-state index is 12.1. The Labute approximate surface area is 163 Å². The molecule has 1 atom stereocenters. The van der Waals surface area contributed by atoms with Crippen LogP contribution in [0, 0.1) is 6.92 Å². The van der Waals surface area contributed by atoms with Crippen molar-refractivity contribution in [2.45, 2.75) is 25.7 Å². The third-order valence-corrected chi connectivity index (χ3v) is 5.27. The number of halogens is 2. The van der Waals surface area contributed by atoms with Crippen molar-refractivity contribution in [3.05, 3.63) is 63.6 Å². The van der Waals surface area contributed by atoms with Crippen LogP contribution in [0.4, 0.5) is 0 Å². The van der Waals surface area contributed by atoms with Gasteiger partial charge in [-0.25, -0.2) is 0 Å². The number of benzene rings is 2. The highest BCUT2D eigenvalue weighted by atomic mass is 35.5. The Kier molecular flexibility index (Phi) is 7.94. The molecule has 0 fully saturated rings. The van der Waals surface area contributed by atoms with Gasteiger partial charge in [0.2, 0.25) is 0 Å². The van der Waals surface area contributed by atoms with Crippen LogP contribution in [0.15, 0.2) is 42.5 Å². The van der Waals surface area contributed by atoms with Gasteiger partial charge in [-0.05, 0) is 43.7 Å². The lowest BCUT2D eigenvalue weighted by molar-refractivity contribution is -0.127. The first-order valence-corrected chi connectivity index (χ1v) is 9.89. The predicted octanol–water partition coefficient (Wildman–Crippen LogP) is 5.12. The van der Waals surface area contributed by atoms with Crippen LogP contribution in [0.2, 0.25) is 10.0 Å². The zero-order valence-electron chi connectivity index (χ0n) is 14.2. The van der Waals surface area contributed by atoms with Gasteiger partial charge < -0.3 is 10.1 Å². The first kappa shape index (κ1) is 20.0. The number of hydrogen-bond acceptors (Lipinski definition) is 3. The van der Waals surface area contributed by atoms with Crippen molar-refractivity contribution in [3.8, 4) is 5.75 Å². The highest BCUT2D eigenvalue weighted by Gasteiger charge is 2.13. The number of aryl methyl sites for hydroxylation is 1. The average molecular weight is 398 g/mol. The molecule has 2 aromatic rings. The Morgan fingerprint density at radius 1 is 1.16 bits per heavy atom. The van der Waals surface area contributed by atoms with Gasteiger partial charge in [-0.3, -0.25) is 4.79 Å². The monoisotopic (exact) mass is 397 g/mol. The molecule has 0 aliphatic rings. The molecule has 0 bridgehead atoms. The molecule has 6 heteroatoms. The summed E-state index contributed by atoms with van der Waals surface area (Å²) in [5.41, 5.74) is 2.27. The second-order valence-electron chi connectivity index (χ2n) is 5.67. The van der Waals surface area contributed by atoms with Gasteiger partial charge in [0.05, 0.1) is 10.0 Å². The summed E-state index contributed by atoms with van der Waals surface area (Å²) in [7, 11) is 0. The number of carbonyl (C=O) groups excluding carboxylic acids is 1. The van der Waals surface area contributed by atoms with Crippen LogP contribution in [0.5, 0.6) is 5.75 Å². The van der Waals surface area contributed by atoms with E-state index in [1.807, 2.05) is 43.3 Å². The lowest BCUT2D eigenvalue weighted by Crippen LogP contribution is -2.37. The molecule has 0 unspecified atom stereocenters. The third-order valence-electron chi connectivity index (χ3n) is 3.50. The molecule has 0 saturated heterocycles. The molecule has 0 radical (unpaired) electrons. The summed E-state index contributed by atoms with van der Waals surface area (Å²) >= 11 is 13.6. The van der Waals surface area contributed by atoms with Crippen LogP contribution in [0.1, 0.15) is 18.1 Å². The molecule has 134 valence electrons. The summed E-state index contributed by atoms with van der Waals surface area (Å²) in [6.45, 7) is 4.35. The smallest absolute Gasteiger partial charge is 0.260 e. The summed E-state index contributed by atoms with van der Waals surface area (Å²) in [6.07, 6.45) is -0.525. The van der Waals surface area contributed by atoms with Crippen LogP contribution < -0.4 is 10.1 Å². The van der Waals surface area contributed by atoms with E-state index in [1.54, 1.807) is 24.8 Å². The van der Waals surface area contributed by atoms with Crippen molar-refractivity contribution in [1.29, 1.82) is 0 Å². The maximum Gasteiger partial charge on any atom is 0.260 e. The largest absolute Gasteiger partial charge is 0.481 e. The van der Waals surface area contributed by atoms with E-state index in [1.165, 1.54) is 0 Å². The second-order valence-corrected chi connectivity index (χ2v) is 7.58. The highest BCUT2D eigenvalue weighted by Crippen LogP contribution is 2.24.